The molecular formula is C21H32IN5O. The van der Waals surface area contributed by atoms with Gasteiger partial charge in [-0.05, 0) is 56.6 Å². The molecule has 0 bridgehead atoms. The normalized spacial score (nSPS) is 15.7. The zero-order valence-electron chi connectivity index (χ0n) is 16.6. The van der Waals surface area contributed by atoms with Crippen LogP contribution in [0.3, 0.4) is 0 Å². The average molecular weight is 497 g/mol. The number of guanidine groups is 1. The lowest BCUT2D eigenvalue weighted by Crippen LogP contribution is -2.43. The van der Waals surface area contributed by atoms with Gasteiger partial charge in [-0.25, -0.2) is 0 Å². The maximum Gasteiger partial charge on any atom is 0.191 e. The van der Waals surface area contributed by atoms with Crippen LogP contribution in [0, 0.1) is 0 Å². The summed E-state index contributed by atoms with van der Waals surface area (Å²) in [6, 6.07) is 14.6. The van der Waals surface area contributed by atoms with Crippen molar-refractivity contribution in [3.8, 4) is 0 Å². The Bertz CT molecular complexity index is 671. The molecule has 1 saturated heterocycles. The molecule has 1 atom stereocenters. The van der Waals surface area contributed by atoms with Crippen LogP contribution in [0.25, 0.3) is 0 Å². The fourth-order valence-electron chi connectivity index (χ4n) is 3.44. The number of halogens is 1. The van der Waals surface area contributed by atoms with Crippen LogP contribution in [0.5, 0.6) is 0 Å². The van der Waals surface area contributed by atoms with Gasteiger partial charge in [0.2, 0.25) is 0 Å². The summed E-state index contributed by atoms with van der Waals surface area (Å²) in [7, 11) is 1.81. The average Bonchev–Trinajstić information content (AvgIpc) is 3.42. The van der Waals surface area contributed by atoms with E-state index in [0.717, 1.165) is 56.6 Å². The number of hydrogen-bond acceptors (Lipinski definition) is 4. The minimum Gasteiger partial charge on any atom is -0.468 e. The van der Waals surface area contributed by atoms with E-state index in [-0.39, 0.29) is 30.0 Å². The van der Waals surface area contributed by atoms with Gasteiger partial charge in [0, 0.05) is 32.4 Å². The molecule has 1 aromatic carbocycles. The number of nitrogens with zero attached hydrogens (tertiary/aromatic N) is 2. The van der Waals surface area contributed by atoms with E-state index >= 15 is 0 Å². The molecular weight excluding hydrogens is 465 g/mol. The van der Waals surface area contributed by atoms with Crippen LogP contribution < -0.4 is 16.0 Å². The van der Waals surface area contributed by atoms with Crippen molar-refractivity contribution in [1.82, 2.24) is 15.5 Å². The molecule has 28 heavy (non-hydrogen) atoms. The van der Waals surface area contributed by atoms with E-state index in [9.17, 15) is 0 Å². The highest BCUT2D eigenvalue weighted by atomic mass is 127. The highest BCUT2D eigenvalue weighted by Gasteiger charge is 2.25. The smallest absolute Gasteiger partial charge is 0.191 e. The number of furan rings is 1. The molecule has 1 aromatic heterocycles. The maximum absolute atomic E-state index is 5.68. The Morgan fingerprint density at radius 1 is 1.07 bits per heavy atom. The first-order chi connectivity index (χ1) is 13.4. The summed E-state index contributed by atoms with van der Waals surface area (Å²) in [5.41, 5.74) is 1.16. The third-order valence-corrected chi connectivity index (χ3v) is 4.89. The largest absolute Gasteiger partial charge is 0.468 e. The molecule has 3 N–H and O–H groups in total. The van der Waals surface area contributed by atoms with Crippen molar-refractivity contribution in [3.63, 3.8) is 0 Å². The van der Waals surface area contributed by atoms with Crippen LogP contribution in [-0.4, -0.2) is 50.6 Å². The van der Waals surface area contributed by atoms with Gasteiger partial charge in [-0.2, -0.15) is 0 Å². The lowest BCUT2D eigenvalue weighted by atomic mass is 10.2. The second-order valence-corrected chi connectivity index (χ2v) is 6.80. The van der Waals surface area contributed by atoms with Crippen LogP contribution in [-0.2, 0) is 0 Å². The number of rotatable bonds is 9. The summed E-state index contributed by atoms with van der Waals surface area (Å²) in [6.45, 7) is 4.84. The fourth-order valence-corrected chi connectivity index (χ4v) is 3.44. The standard InChI is InChI=1S/C21H31N5O.HI/c1-22-21(24-13-8-12-23-18-9-3-2-4-10-18)25-17-19(20-11-7-16-27-20)26-14-5-6-15-26;/h2-4,7,9-11,16,19,23H,5-6,8,12-15,17H2,1H3,(H2,22,24,25);1H. The van der Waals surface area contributed by atoms with Crippen molar-refractivity contribution in [3.05, 3.63) is 54.5 Å². The fraction of sp³-hybridized carbons (Fsp3) is 0.476. The summed E-state index contributed by atoms with van der Waals surface area (Å²) in [4.78, 5) is 6.84. The van der Waals surface area contributed by atoms with Gasteiger partial charge in [0.05, 0.1) is 12.3 Å². The molecule has 0 spiro atoms. The minimum absolute atomic E-state index is 0. The van der Waals surface area contributed by atoms with Gasteiger partial charge in [-0.1, -0.05) is 18.2 Å². The summed E-state index contributed by atoms with van der Waals surface area (Å²) < 4.78 is 5.68. The Labute approximate surface area is 185 Å². The Morgan fingerprint density at radius 2 is 1.86 bits per heavy atom. The molecule has 0 amide bonds. The van der Waals surface area contributed by atoms with Crippen molar-refractivity contribution in [2.45, 2.75) is 25.3 Å². The molecule has 2 aromatic rings. The first-order valence-corrected chi connectivity index (χ1v) is 9.87. The van der Waals surface area contributed by atoms with Crippen LogP contribution in [0.15, 0.2) is 58.1 Å². The van der Waals surface area contributed by atoms with E-state index < -0.39 is 0 Å². The Hall–Kier alpha value is -1.74. The maximum atomic E-state index is 5.68. The molecule has 3 rings (SSSR count). The summed E-state index contributed by atoms with van der Waals surface area (Å²) in [5.74, 6) is 1.86. The topological polar surface area (TPSA) is 64.8 Å². The van der Waals surface area contributed by atoms with Gasteiger partial charge < -0.3 is 20.4 Å². The molecule has 0 saturated carbocycles. The first kappa shape index (κ1) is 22.5. The van der Waals surface area contributed by atoms with Crippen molar-refractivity contribution in [2.24, 2.45) is 4.99 Å². The van der Waals surface area contributed by atoms with E-state index in [1.165, 1.54) is 12.8 Å². The Balaban J connectivity index is 0.00000280. The summed E-state index contributed by atoms with van der Waals surface area (Å²) >= 11 is 0. The molecule has 2 heterocycles. The second kappa shape index (κ2) is 12.7. The molecule has 7 heteroatoms. The van der Waals surface area contributed by atoms with Gasteiger partial charge in [-0.15, -0.1) is 24.0 Å². The summed E-state index contributed by atoms with van der Waals surface area (Å²) in [6.07, 6.45) is 5.30. The van der Waals surface area contributed by atoms with Crippen LogP contribution in [0.4, 0.5) is 5.69 Å². The van der Waals surface area contributed by atoms with Crippen molar-refractivity contribution in [1.29, 1.82) is 0 Å². The zero-order chi connectivity index (χ0) is 18.7. The predicted molar refractivity (Wildman–Crippen MR) is 127 cm³/mol. The SMILES string of the molecule is CN=C(NCCCNc1ccccc1)NCC(c1ccco1)N1CCCC1.I. The number of hydrogen-bond donors (Lipinski definition) is 3. The van der Waals surface area contributed by atoms with Crippen LogP contribution in [0.2, 0.25) is 0 Å². The number of anilines is 1. The van der Waals surface area contributed by atoms with E-state index in [1.54, 1.807) is 6.26 Å². The molecule has 154 valence electrons. The lowest BCUT2D eigenvalue weighted by Gasteiger charge is -2.26. The van der Waals surface area contributed by atoms with Gasteiger partial charge >= 0.3 is 0 Å². The first-order valence-electron chi connectivity index (χ1n) is 9.87. The van der Waals surface area contributed by atoms with Crippen molar-refractivity contribution in [2.75, 3.05) is 45.1 Å². The van der Waals surface area contributed by atoms with E-state index in [4.69, 9.17) is 4.42 Å². The summed E-state index contributed by atoms with van der Waals surface area (Å²) in [5, 5.41) is 10.3. The molecule has 1 aliphatic heterocycles. The highest BCUT2D eigenvalue weighted by molar-refractivity contribution is 14.0. The third-order valence-electron chi connectivity index (χ3n) is 4.89. The minimum atomic E-state index is 0. The number of likely N-dealkylation sites (tertiary alicyclic amines) is 1. The van der Waals surface area contributed by atoms with E-state index in [0.29, 0.717) is 0 Å². The van der Waals surface area contributed by atoms with E-state index in [1.807, 2.05) is 31.3 Å². The number of nitrogens with one attached hydrogen (secondary N) is 3. The molecule has 1 fully saturated rings. The lowest BCUT2D eigenvalue weighted by molar-refractivity contribution is 0.215. The zero-order valence-corrected chi connectivity index (χ0v) is 18.9. The molecule has 1 unspecified atom stereocenters. The highest BCUT2D eigenvalue weighted by Crippen LogP contribution is 2.24. The quantitative estimate of drug-likeness (QED) is 0.214. The number of aliphatic imine (C=N–C) groups is 1. The number of para-hydroxylation sites is 1. The van der Waals surface area contributed by atoms with Gasteiger partial charge in [0.1, 0.15) is 5.76 Å². The van der Waals surface area contributed by atoms with Gasteiger partial charge in [0.25, 0.3) is 0 Å². The Kier molecular flexibility index (Phi) is 10.2. The monoisotopic (exact) mass is 497 g/mol. The molecule has 1 aliphatic rings. The molecule has 0 aliphatic carbocycles. The second-order valence-electron chi connectivity index (χ2n) is 6.80. The van der Waals surface area contributed by atoms with Gasteiger partial charge in [0.15, 0.2) is 5.96 Å². The van der Waals surface area contributed by atoms with Crippen molar-refractivity contribution >= 4 is 35.6 Å². The van der Waals surface area contributed by atoms with Crippen LogP contribution >= 0.6 is 24.0 Å². The molecule has 6 nitrogen and oxygen atoms in total. The third kappa shape index (κ3) is 7.01. The van der Waals surface area contributed by atoms with E-state index in [2.05, 4.69) is 44.0 Å². The van der Waals surface area contributed by atoms with Gasteiger partial charge in [-0.3, -0.25) is 9.89 Å². The number of benzene rings is 1. The van der Waals surface area contributed by atoms with Crippen molar-refractivity contribution < 1.29 is 4.42 Å². The Morgan fingerprint density at radius 3 is 2.54 bits per heavy atom. The molecule has 0 radical (unpaired) electrons. The predicted octanol–water partition coefficient (Wildman–Crippen LogP) is 3.70. The van der Waals surface area contributed by atoms with Crippen LogP contribution in [0.1, 0.15) is 31.1 Å².